The first-order valence-electron chi connectivity index (χ1n) is 11.1. The van der Waals surface area contributed by atoms with Gasteiger partial charge < -0.3 is 10.1 Å². The van der Waals surface area contributed by atoms with E-state index in [-0.39, 0.29) is 16.6 Å². The molecule has 27 heavy (non-hydrogen) atoms. The van der Waals surface area contributed by atoms with Gasteiger partial charge in [-0.25, -0.2) is 0 Å². The molecule has 1 N–H and O–H groups in total. The molecule has 0 saturated heterocycles. The normalized spacial score (nSPS) is 34.1. The molecule has 150 valence electrons. The lowest BCUT2D eigenvalue weighted by atomic mass is 9.54. The van der Waals surface area contributed by atoms with Crippen LogP contribution in [0.3, 0.4) is 0 Å². The zero-order valence-corrected chi connectivity index (χ0v) is 18.3. The van der Waals surface area contributed by atoms with Crippen LogP contribution in [0.25, 0.3) is 0 Å². The van der Waals surface area contributed by atoms with E-state index in [1.165, 1.54) is 49.7 Å². The molecule has 0 spiro atoms. The maximum atomic E-state index is 7.00. The molecule has 2 heteroatoms. The van der Waals surface area contributed by atoms with Gasteiger partial charge in [0.15, 0.2) is 0 Å². The van der Waals surface area contributed by atoms with Crippen molar-refractivity contribution in [2.45, 2.75) is 90.4 Å². The molecule has 4 aliphatic rings. The molecule has 1 unspecified atom stereocenters. The number of hydrogen-bond acceptors (Lipinski definition) is 2. The van der Waals surface area contributed by atoms with Crippen LogP contribution >= 0.6 is 0 Å². The summed E-state index contributed by atoms with van der Waals surface area (Å²) in [5.74, 6) is 2.78. The zero-order chi connectivity index (χ0) is 19.4. The van der Waals surface area contributed by atoms with Crippen molar-refractivity contribution < 1.29 is 4.74 Å². The Morgan fingerprint density at radius 1 is 0.889 bits per heavy atom. The summed E-state index contributed by atoms with van der Waals surface area (Å²) < 4.78 is 7.00. The number of nitrogens with one attached hydrogen (secondary N) is 1. The van der Waals surface area contributed by atoms with Gasteiger partial charge in [0.1, 0.15) is 0 Å². The third kappa shape index (κ3) is 3.72. The topological polar surface area (TPSA) is 21.3 Å². The lowest BCUT2D eigenvalue weighted by Gasteiger charge is -2.58. The number of ether oxygens (including phenoxy) is 1. The van der Waals surface area contributed by atoms with Crippen molar-refractivity contribution in [2.24, 2.45) is 23.2 Å². The van der Waals surface area contributed by atoms with Gasteiger partial charge in [0.05, 0.1) is 11.2 Å². The van der Waals surface area contributed by atoms with E-state index in [2.05, 4.69) is 71.2 Å². The summed E-state index contributed by atoms with van der Waals surface area (Å²) in [7, 11) is 2.06. The van der Waals surface area contributed by atoms with E-state index in [1.54, 1.807) is 0 Å². The summed E-state index contributed by atoms with van der Waals surface area (Å²) >= 11 is 0. The summed E-state index contributed by atoms with van der Waals surface area (Å²) in [6.07, 6.45) is 8.30. The molecule has 0 aliphatic heterocycles. The average Bonchev–Trinajstić information content (AvgIpc) is 2.52. The van der Waals surface area contributed by atoms with Gasteiger partial charge in [-0.05, 0) is 93.7 Å². The predicted molar refractivity (Wildman–Crippen MR) is 113 cm³/mol. The molecule has 1 aromatic rings. The minimum absolute atomic E-state index is 0.149. The third-order valence-electron chi connectivity index (χ3n) is 7.55. The molecule has 0 radical (unpaired) electrons. The molecule has 0 amide bonds. The summed E-state index contributed by atoms with van der Waals surface area (Å²) in [5, 5.41) is 3.49. The van der Waals surface area contributed by atoms with Crippen LogP contribution in [0.4, 0.5) is 0 Å². The minimum atomic E-state index is -0.221. The van der Waals surface area contributed by atoms with Crippen molar-refractivity contribution in [2.75, 3.05) is 7.05 Å². The number of rotatable bonds is 5. The van der Waals surface area contributed by atoms with E-state index >= 15 is 0 Å². The maximum Gasteiger partial charge on any atom is 0.0882 e. The highest BCUT2D eigenvalue weighted by Gasteiger charge is 2.53. The number of hydrogen-bond donors (Lipinski definition) is 1. The predicted octanol–water partition coefficient (Wildman–Crippen LogP) is 6.21. The second-order valence-electron chi connectivity index (χ2n) is 11.4. The fourth-order valence-electron chi connectivity index (χ4n) is 6.93. The first-order chi connectivity index (χ1) is 12.6. The van der Waals surface area contributed by atoms with Gasteiger partial charge in [-0.3, -0.25) is 0 Å². The average molecular weight is 370 g/mol. The Hall–Kier alpha value is -0.860. The fourth-order valence-corrected chi connectivity index (χ4v) is 6.93. The number of benzene rings is 1. The minimum Gasteiger partial charge on any atom is -0.364 e. The van der Waals surface area contributed by atoms with Crippen LogP contribution in [-0.4, -0.2) is 12.6 Å². The van der Waals surface area contributed by atoms with Crippen LogP contribution in [0.15, 0.2) is 24.3 Å². The van der Waals surface area contributed by atoms with Crippen molar-refractivity contribution in [3.63, 3.8) is 0 Å². The Kier molecular flexibility index (Phi) is 4.75. The Labute approximate surface area is 166 Å². The van der Waals surface area contributed by atoms with Gasteiger partial charge >= 0.3 is 0 Å². The molecule has 4 aliphatic carbocycles. The maximum absolute atomic E-state index is 7.00. The Bertz CT molecular complexity index is 631. The highest BCUT2D eigenvalue weighted by atomic mass is 16.5. The molecule has 4 saturated carbocycles. The molecule has 4 bridgehead atoms. The van der Waals surface area contributed by atoms with Crippen molar-refractivity contribution in [3.8, 4) is 0 Å². The molecular weight excluding hydrogens is 330 g/mol. The zero-order valence-electron chi connectivity index (χ0n) is 18.3. The van der Waals surface area contributed by atoms with E-state index in [1.807, 2.05) is 0 Å². The van der Waals surface area contributed by atoms with E-state index in [0.29, 0.717) is 6.04 Å². The molecule has 0 aromatic heterocycles. The van der Waals surface area contributed by atoms with E-state index < -0.39 is 0 Å². The van der Waals surface area contributed by atoms with Crippen molar-refractivity contribution >= 4 is 0 Å². The SMILES string of the molecule is CNC(c1ccc(C(C)(C)OC23CC4CC(CC(C4)C2)C3)cc1)C(C)(C)C. The quantitative estimate of drug-likeness (QED) is 0.666. The fraction of sp³-hybridized carbons (Fsp3) is 0.760. The summed E-state index contributed by atoms with van der Waals surface area (Å²) in [6, 6.07) is 9.55. The molecule has 1 aromatic carbocycles. The van der Waals surface area contributed by atoms with Crippen molar-refractivity contribution in [1.82, 2.24) is 5.32 Å². The summed E-state index contributed by atoms with van der Waals surface area (Å²) in [4.78, 5) is 0. The summed E-state index contributed by atoms with van der Waals surface area (Å²) in [5.41, 5.74) is 2.79. The molecule has 1 atom stereocenters. The van der Waals surface area contributed by atoms with Crippen LogP contribution < -0.4 is 5.32 Å². The molecule has 2 nitrogen and oxygen atoms in total. The van der Waals surface area contributed by atoms with Gasteiger partial charge in [0.2, 0.25) is 0 Å². The van der Waals surface area contributed by atoms with Gasteiger partial charge in [0, 0.05) is 6.04 Å². The van der Waals surface area contributed by atoms with E-state index in [9.17, 15) is 0 Å². The van der Waals surface area contributed by atoms with Crippen LogP contribution in [0, 0.1) is 23.2 Å². The smallest absolute Gasteiger partial charge is 0.0882 e. The van der Waals surface area contributed by atoms with Crippen LogP contribution in [-0.2, 0) is 10.3 Å². The van der Waals surface area contributed by atoms with Crippen LogP contribution in [0.1, 0.15) is 90.3 Å². The van der Waals surface area contributed by atoms with Gasteiger partial charge in [-0.15, -0.1) is 0 Å². The monoisotopic (exact) mass is 369 g/mol. The Morgan fingerprint density at radius 2 is 1.37 bits per heavy atom. The van der Waals surface area contributed by atoms with E-state index in [0.717, 1.165) is 17.8 Å². The molecular formula is C25H39NO. The van der Waals surface area contributed by atoms with Crippen molar-refractivity contribution in [1.29, 1.82) is 0 Å². The van der Waals surface area contributed by atoms with Crippen LogP contribution in [0.5, 0.6) is 0 Å². The van der Waals surface area contributed by atoms with Gasteiger partial charge in [-0.2, -0.15) is 0 Å². The Morgan fingerprint density at radius 3 is 1.78 bits per heavy atom. The second kappa shape index (κ2) is 6.59. The third-order valence-corrected chi connectivity index (χ3v) is 7.55. The highest BCUT2D eigenvalue weighted by molar-refractivity contribution is 5.29. The summed E-state index contributed by atoms with van der Waals surface area (Å²) in [6.45, 7) is 11.4. The van der Waals surface area contributed by atoms with Gasteiger partial charge in [-0.1, -0.05) is 45.0 Å². The van der Waals surface area contributed by atoms with E-state index in [4.69, 9.17) is 4.74 Å². The van der Waals surface area contributed by atoms with Crippen LogP contribution in [0.2, 0.25) is 0 Å². The standard InChI is InChI=1S/C25H39NO/c1-23(2,3)22(26-6)20-7-9-21(10-8-20)24(4,5)27-25-14-17-11-18(15-25)13-19(12-17)16-25/h7-10,17-19,22,26H,11-16H2,1-6H3. The lowest BCUT2D eigenvalue weighted by molar-refractivity contribution is -0.219. The molecule has 5 rings (SSSR count). The van der Waals surface area contributed by atoms with Gasteiger partial charge in [0.25, 0.3) is 0 Å². The Balaban J connectivity index is 1.52. The second-order valence-corrected chi connectivity index (χ2v) is 11.4. The molecule has 4 fully saturated rings. The van der Waals surface area contributed by atoms with Crippen molar-refractivity contribution in [3.05, 3.63) is 35.4 Å². The first-order valence-corrected chi connectivity index (χ1v) is 11.1. The first kappa shape index (κ1) is 19.5. The lowest BCUT2D eigenvalue weighted by Crippen LogP contribution is -2.54. The molecule has 0 heterocycles. The largest absolute Gasteiger partial charge is 0.364 e. The highest BCUT2D eigenvalue weighted by Crippen LogP contribution is 2.58.